The highest BCUT2D eigenvalue weighted by atomic mass is 79.9. The number of halogens is 1. The molecular formula is C11H12BrN5O. The number of H-pyrrole nitrogens is 1. The fourth-order valence-corrected chi connectivity index (χ4v) is 2.17. The van der Waals surface area contributed by atoms with Crippen molar-refractivity contribution in [2.24, 2.45) is 0 Å². The van der Waals surface area contributed by atoms with Gasteiger partial charge in [0.15, 0.2) is 5.82 Å². The average molecular weight is 310 g/mol. The van der Waals surface area contributed by atoms with Crippen LogP contribution in [-0.2, 0) is 0 Å². The minimum absolute atomic E-state index is 0.181. The number of aromatic amines is 1. The normalized spacial score (nSPS) is 12.2. The lowest BCUT2D eigenvalue weighted by Gasteiger charge is -2.11. The molecule has 1 unspecified atom stereocenters. The van der Waals surface area contributed by atoms with Crippen LogP contribution in [0.25, 0.3) is 0 Å². The van der Waals surface area contributed by atoms with Crippen LogP contribution < -0.4 is 5.32 Å². The number of nitrogens with one attached hydrogen (secondary N) is 2. The number of aryl methyl sites for hydroxylation is 1. The maximum Gasteiger partial charge on any atom is 0.253 e. The number of carbonyl (C=O) groups excluding carboxylic acids is 1. The highest BCUT2D eigenvalue weighted by molar-refractivity contribution is 9.10. The van der Waals surface area contributed by atoms with E-state index in [4.69, 9.17) is 0 Å². The van der Waals surface area contributed by atoms with E-state index in [2.05, 4.69) is 41.9 Å². The van der Waals surface area contributed by atoms with E-state index >= 15 is 0 Å². The van der Waals surface area contributed by atoms with Gasteiger partial charge in [-0.25, -0.2) is 0 Å². The summed E-state index contributed by atoms with van der Waals surface area (Å²) in [6, 6.07) is 5.26. The number of benzene rings is 1. The van der Waals surface area contributed by atoms with E-state index in [0.29, 0.717) is 11.4 Å². The molecule has 0 spiro atoms. The van der Waals surface area contributed by atoms with Crippen LogP contribution in [0.5, 0.6) is 0 Å². The van der Waals surface area contributed by atoms with Gasteiger partial charge in [0, 0.05) is 4.47 Å². The molecule has 2 N–H and O–H groups in total. The molecule has 18 heavy (non-hydrogen) atoms. The number of nitrogens with zero attached hydrogens (tertiary/aromatic N) is 3. The zero-order valence-corrected chi connectivity index (χ0v) is 11.5. The number of hydrogen-bond donors (Lipinski definition) is 2. The van der Waals surface area contributed by atoms with Crippen LogP contribution in [0.4, 0.5) is 0 Å². The molecule has 0 saturated carbocycles. The molecule has 94 valence electrons. The smallest absolute Gasteiger partial charge is 0.253 e. The van der Waals surface area contributed by atoms with Crippen LogP contribution in [0.15, 0.2) is 22.7 Å². The van der Waals surface area contributed by atoms with Crippen molar-refractivity contribution in [2.75, 3.05) is 0 Å². The molecule has 1 amide bonds. The van der Waals surface area contributed by atoms with E-state index < -0.39 is 0 Å². The largest absolute Gasteiger partial charge is 0.342 e. The summed E-state index contributed by atoms with van der Waals surface area (Å²) >= 11 is 3.38. The van der Waals surface area contributed by atoms with Crippen molar-refractivity contribution in [3.05, 3.63) is 39.6 Å². The van der Waals surface area contributed by atoms with Gasteiger partial charge in [-0.15, -0.1) is 10.2 Å². The first-order valence-corrected chi connectivity index (χ1v) is 6.17. The fraction of sp³-hybridized carbons (Fsp3) is 0.273. The van der Waals surface area contributed by atoms with Crippen LogP contribution in [-0.4, -0.2) is 26.5 Å². The SMILES string of the molecule is Cc1ccc(C(=O)NC(C)c2nn[nH]n2)c(Br)c1. The maximum absolute atomic E-state index is 12.1. The summed E-state index contributed by atoms with van der Waals surface area (Å²) in [5.74, 6) is 0.269. The van der Waals surface area contributed by atoms with Crippen LogP contribution in [0.3, 0.4) is 0 Å². The first-order chi connectivity index (χ1) is 8.58. The Balaban J connectivity index is 2.12. The lowest BCUT2D eigenvalue weighted by Crippen LogP contribution is -2.27. The lowest BCUT2D eigenvalue weighted by atomic mass is 10.1. The Morgan fingerprint density at radius 2 is 2.28 bits per heavy atom. The standard InChI is InChI=1S/C11H12BrN5O/c1-6-3-4-8(9(12)5-6)11(18)13-7(2)10-14-16-17-15-10/h3-5,7H,1-2H3,(H,13,18)(H,14,15,16,17). The maximum atomic E-state index is 12.1. The summed E-state index contributed by atoms with van der Waals surface area (Å²) in [6.07, 6.45) is 0. The van der Waals surface area contributed by atoms with Gasteiger partial charge < -0.3 is 5.32 Å². The van der Waals surface area contributed by atoms with Crippen molar-refractivity contribution in [3.63, 3.8) is 0 Å². The summed E-state index contributed by atoms with van der Waals surface area (Å²) in [5.41, 5.74) is 1.67. The second kappa shape index (κ2) is 5.26. The fourth-order valence-electron chi connectivity index (χ4n) is 1.50. The van der Waals surface area contributed by atoms with Gasteiger partial charge in [0.05, 0.1) is 11.6 Å². The highest BCUT2D eigenvalue weighted by Crippen LogP contribution is 2.19. The van der Waals surface area contributed by atoms with Gasteiger partial charge in [0.25, 0.3) is 5.91 Å². The summed E-state index contributed by atoms with van der Waals surface area (Å²) < 4.78 is 0.764. The molecule has 6 nitrogen and oxygen atoms in total. The molecular weight excluding hydrogens is 298 g/mol. The van der Waals surface area contributed by atoms with Gasteiger partial charge in [0.1, 0.15) is 0 Å². The van der Waals surface area contributed by atoms with Gasteiger partial charge in [-0.05, 0) is 47.5 Å². The molecule has 1 heterocycles. The molecule has 2 rings (SSSR count). The molecule has 0 fully saturated rings. The van der Waals surface area contributed by atoms with E-state index in [1.54, 1.807) is 13.0 Å². The zero-order valence-electron chi connectivity index (χ0n) is 9.94. The predicted molar refractivity (Wildman–Crippen MR) is 68.9 cm³/mol. The minimum atomic E-state index is -0.301. The molecule has 1 aromatic heterocycles. The minimum Gasteiger partial charge on any atom is -0.342 e. The van der Waals surface area contributed by atoms with Crippen molar-refractivity contribution in [1.82, 2.24) is 25.9 Å². The molecule has 0 aliphatic heterocycles. The van der Waals surface area contributed by atoms with Crippen molar-refractivity contribution in [3.8, 4) is 0 Å². The molecule has 1 atom stereocenters. The Kier molecular flexibility index (Phi) is 3.71. The monoisotopic (exact) mass is 309 g/mol. The van der Waals surface area contributed by atoms with Crippen molar-refractivity contribution in [2.45, 2.75) is 19.9 Å². The molecule has 0 bridgehead atoms. The lowest BCUT2D eigenvalue weighted by molar-refractivity contribution is 0.0937. The van der Waals surface area contributed by atoms with Gasteiger partial charge in [-0.1, -0.05) is 11.3 Å². The highest BCUT2D eigenvalue weighted by Gasteiger charge is 2.16. The molecule has 0 saturated heterocycles. The zero-order chi connectivity index (χ0) is 13.1. The second-order valence-electron chi connectivity index (χ2n) is 3.95. The number of carbonyl (C=O) groups is 1. The Bertz CT molecular complexity index is 555. The quantitative estimate of drug-likeness (QED) is 0.905. The van der Waals surface area contributed by atoms with E-state index in [1.165, 1.54) is 0 Å². The van der Waals surface area contributed by atoms with Crippen molar-refractivity contribution < 1.29 is 4.79 Å². The van der Waals surface area contributed by atoms with E-state index in [1.807, 2.05) is 19.1 Å². The van der Waals surface area contributed by atoms with E-state index in [-0.39, 0.29) is 11.9 Å². The van der Waals surface area contributed by atoms with Crippen LogP contribution >= 0.6 is 15.9 Å². The molecule has 0 aliphatic rings. The topological polar surface area (TPSA) is 83.6 Å². The third kappa shape index (κ3) is 2.73. The van der Waals surface area contributed by atoms with Gasteiger partial charge in [-0.3, -0.25) is 4.79 Å². The van der Waals surface area contributed by atoms with Gasteiger partial charge in [-0.2, -0.15) is 5.21 Å². The van der Waals surface area contributed by atoms with Crippen LogP contribution in [0.1, 0.15) is 34.7 Å². The Morgan fingerprint density at radius 1 is 1.50 bits per heavy atom. The molecule has 2 aromatic rings. The van der Waals surface area contributed by atoms with Crippen LogP contribution in [0.2, 0.25) is 0 Å². The van der Waals surface area contributed by atoms with Crippen LogP contribution in [0, 0.1) is 6.92 Å². The third-order valence-corrected chi connectivity index (χ3v) is 3.12. The Labute approximate surface area is 112 Å². The predicted octanol–water partition coefficient (Wildman–Crippen LogP) is 1.76. The third-order valence-electron chi connectivity index (χ3n) is 2.47. The molecule has 0 radical (unpaired) electrons. The number of rotatable bonds is 3. The second-order valence-corrected chi connectivity index (χ2v) is 4.80. The number of hydrogen-bond acceptors (Lipinski definition) is 4. The molecule has 0 aliphatic carbocycles. The average Bonchev–Trinajstić information content (AvgIpc) is 2.81. The summed E-state index contributed by atoms with van der Waals surface area (Å²) in [5, 5.41) is 16.3. The van der Waals surface area contributed by atoms with E-state index in [9.17, 15) is 4.79 Å². The summed E-state index contributed by atoms with van der Waals surface area (Å²) in [6.45, 7) is 3.76. The first-order valence-electron chi connectivity index (χ1n) is 5.38. The number of aromatic nitrogens is 4. The Morgan fingerprint density at radius 3 is 2.89 bits per heavy atom. The summed E-state index contributed by atoms with van der Waals surface area (Å²) in [4.78, 5) is 12.1. The molecule has 1 aromatic carbocycles. The summed E-state index contributed by atoms with van der Waals surface area (Å²) in [7, 11) is 0. The number of tetrazole rings is 1. The Hall–Kier alpha value is -1.76. The van der Waals surface area contributed by atoms with Crippen molar-refractivity contribution >= 4 is 21.8 Å². The van der Waals surface area contributed by atoms with E-state index in [0.717, 1.165) is 10.0 Å². The molecule has 7 heteroatoms. The van der Waals surface area contributed by atoms with Crippen molar-refractivity contribution in [1.29, 1.82) is 0 Å². The number of amides is 1. The van der Waals surface area contributed by atoms with Gasteiger partial charge >= 0.3 is 0 Å². The first kappa shape index (κ1) is 12.7. The van der Waals surface area contributed by atoms with Gasteiger partial charge in [0.2, 0.25) is 0 Å².